The van der Waals surface area contributed by atoms with Crippen molar-refractivity contribution in [3.63, 3.8) is 0 Å². The average molecular weight is 353 g/mol. The van der Waals surface area contributed by atoms with Gasteiger partial charge >= 0.3 is 6.09 Å². The third-order valence-corrected chi connectivity index (χ3v) is 3.55. The van der Waals surface area contributed by atoms with Crippen LogP contribution in [0.4, 0.5) is 13.6 Å². The molecule has 136 valence electrons. The van der Waals surface area contributed by atoms with Crippen LogP contribution in [0.1, 0.15) is 31.9 Å². The second kappa shape index (κ2) is 6.70. The van der Waals surface area contributed by atoms with Gasteiger partial charge in [0.2, 0.25) is 0 Å². The molecule has 0 aliphatic carbocycles. The highest BCUT2D eigenvalue weighted by molar-refractivity contribution is 5.97. The first kappa shape index (κ1) is 18.7. The summed E-state index contributed by atoms with van der Waals surface area (Å²) in [5, 5.41) is 11.5. The number of halogens is 2. The molecule has 1 aliphatic heterocycles. The summed E-state index contributed by atoms with van der Waals surface area (Å²) in [5.41, 5.74) is 5.27. The van der Waals surface area contributed by atoms with Gasteiger partial charge in [-0.2, -0.15) is 8.78 Å². The zero-order valence-corrected chi connectivity index (χ0v) is 14.3. The number of hydrogen-bond donors (Lipinski definition) is 2. The van der Waals surface area contributed by atoms with Crippen molar-refractivity contribution in [2.75, 3.05) is 13.1 Å². The summed E-state index contributed by atoms with van der Waals surface area (Å²) >= 11 is 0. The topological polar surface area (TPSA) is 88.2 Å². The molecule has 8 heteroatoms. The van der Waals surface area contributed by atoms with Crippen molar-refractivity contribution in [2.45, 2.75) is 32.3 Å². The molecule has 0 unspecified atom stereocenters. The lowest BCUT2D eigenvalue weighted by Gasteiger charge is -2.34. The summed E-state index contributed by atoms with van der Waals surface area (Å²) in [7, 11) is 0. The Hall–Kier alpha value is -2.64. The number of rotatable bonds is 2. The normalized spacial score (nSPS) is 17.9. The maximum Gasteiger partial charge on any atom is 0.410 e. The number of alkyl halides is 2. The number of hydrogen-bond acceptors (Lipinski definition) is 4. The zero-order chi connectivity index (χ0) is 18.8. The van der Waals surface area contributed by atoms with E-state index in [2.05, 4.69) is 5.16 Å². The second-order valence-corrected chi connectivity index (χ2v) is 6.75. The molecule has 0 aromatic heterocycles. The SMILES string of the molecule is CC(C)(C)OC(=O)N1CC=C(c2ccc(/C(N)=N/O)cc2)C(F)(F)C1. The number of benzene rings is 1. The van der Waals surface area contributed by atoms with Crippen LogP contribution in [0.25, 0.3) is 5.57 Å². The lowest BCUT2D eigenvalue weighted by atomic mass is 9.95. The van der Waals surface area contributed by atoms with E-state index in [1.807, 2.05) is 0 Å². The van der Waals surface area contributed by atoms with Crippen LogP contribution >= 0.6 is 0 Å². The molecule has 0 bridgehead atoms. The minimum Gasteiger partial charge on any atom is -0.444 e. The largest absolute Gasteiger partial charge is 0.444 e. The van der Waals surface area contributed by atoms with Crippen LogP contribution in [0.15, 0.2) is 35.5 Å². The second-order valence-electron chi connectivity index (χ2n) is 6.75. The zero-order valence-electron chi connectivity index (χ0n) is 14.3. The summed E-state index contributed by atoms with van der Waals surface area (Å²) in [4.78, 5) is 13.0. The van der Waals surface area contributed by atoms with Gasteiger partial charge in [-0.25, -0.2) is 4.79 Å². The Bertz CT molecular complexity index is 707. The van der Waals surface area contributed by atoms with E-state index in [0.717, 1.165) is 4.90 Å². The first-order valence-corrected chi connectivity index (χ1v) is 7.68. The molecular formula is C17H21F2N3O3. The van der Waals surface area contributed by atoms with E-state index < -0.39 is 24.2 Å². The van der Waals surface area contributed by atoms with E-state index in [0.29, 0.717) is 11.1 Å². The van der Waals surface area contributed by atoms with Crippen LogP contribution < -0.4 is 5.73 Å². The van der Waals surface area contributed by atoms with Gasteiger partial charge in [-0.05, 0) is 26.3 Å². The Balaban J connectivity index is 2.21. The van der Waals surface area contributed by atoms with E-state index in [4.69, 9.17) is 15.7 Å². The first-order chi connectivity index (χ1) is 11.5. The summed E-state index contributed by atoms with van der Waals surface area (Å²) in [5.74, 6) is -3.32. The number of nitrogens with two attached hydrogens (primary N) is 1. The highest BCUT2D eigenvalue weighted by atomic mass is 19.3. The number of ether oxygens (including phenoxy) is 1. The van der Waals surface area contributed by atoms with Crippen LogP contribution in [-0.4, -0.2) is 46.6 Å². The van der Waals surface area contributed by atoms with Gasteiger partial charge in [0.1, 0.15) is 5.60 Å². The van der Waals surface area contributed by atoms with E-state index >= 15 is 0 Å². The Morgan fingerprint density at radius 3 is 2.40 bits per heavy atom. The smallest absolute Gasteiger partial charge is 0.410 e. The van der Waals surface area contributed by atoms with Crippen LogP contribution in [0.3, 0.4) is 0 Å². The quantitative estimate of drug-likeness (QED) is 0.370. The molecule has 0 radical (unpaired) electrons. The van der Waals surface area contributed by atoms with Crippen molar-refractivity contribution in [1.82, 2.24) is 4.90 Å². The number of amides is 1. The van der Waals surface area contributed by atoms with Crippen molar-refractivity contribution in [3.05, 3.63) is 41.5 Å². The molecule has 1 aromatic rings. The number of oxime groups is 1. The predicted molar refractivity (Wildman–Crippen MR) is 89.7 cm³/mol. The maximum absolute atomic E-state index is 14.5. The average Bonchev–Trinajstić information content (AvgIpc) is 2.51. The minimum atomic E-state index is -3.21. The van der Waals surface area contributed by atoms with Gasteiger partial charge in [-0.15, -0.1) is 0 Å². The molecule has 1 heterocycles. The van der Waals surface area contributed by atoms with Crippen LogP contribution in [0, 0.1) is 0 Å². The summed E-state index contributed by atoms with van der Waals surface area (Å²) in [6, 6.07) is 5.91. The van der Waals surface area contributed by atoms with Crippen molar-refractivity contribution in [1.29, 1.82) is 0 Å². The van der Waals surface area contributed by atoms with E-state index in [-0.39, 0.29) is 18.0 Å². The Morgan fingerprint density at radius 1 is 1.32 bits per heavy atom. The first-order valence-electron chi connectivity index (χ1n) is 7.68. The molecule has 3 N–H and O–H groups in total. The highest BCUT2D eigenvalue weighted by Crippen LogP contribution is 2.36. The molecule has 0 saturated carbocycles. The van der Waals surface area contributed by atoms with Gasteiger partial charge in [0.05, 0.1) is 6.54 Å². The van der Waals surface area contributed by atoms with Gasteiger partial charge in [0.15, 0.2) is 5.84 Å². The summed E-state index contributed by atoms with van der Waals surface area (Å²) in [6.45, 7) is 4.31. The van der Waals surface area contributed by atoms with Gasteiger partial charge in [-0.1, -0.05) is 35.5 Å². The van der Waals surface area contributed by atoms with E-state index in [1.54, 1.807) is 20.8 Å². The van der Waals surface area contributed by atoms with Crippen molar-refractivity contribution in [2.24, 2.45) is 10.9 Å². The number of amidine groups is 1. The number of nitrogens with zero attached hydrogens (tertiary/aromatic N) is 2. The van der Waals surface area contributed by atoms with E-state index in [9.17, 15) is 13.6 Å². The third kappa shape index (κ3) is 4.46. The summed E-state index contributed by atoms with van der Waals surface area (Å²) in [6.07, 6.45) is 0.538. The minimum absolute atomic E-state index is 0.0296. The van der Waals surface area contributed by atoms with Gasteiger partial charge in [0, 0.05) is 17.7 Å². The Morgan fingerprint density at radius 2 is 1.92 bits per heavy atom. The van der Waals surface area contributed by atoms with Gasteiger partial charge < -0.3 is 15.7 Å². The van der Waals surface area contributed by atoms with E-state index in [1.165, 1.54) is 30.3 Å². The molecule has 0 atom stereocenters. The fourth-order valence-corrected chi connectivity index (χ4v) is 2.41. The Kier molecular flexibility index (Phi) is 5.01. The molecular weight excluding hydrogens is 332 g/mol. The number of carbonyl (C=O) groups excluding carboxylic acids is 1. The maximum atomic E-state index is 14.5. The highest BCUT2D eigenvalue weighted by Gasteiger charge is 2.42. The molecule has 1 aromatic carbocycles. The van der Waals surface area contributed by atoms with Crippen LogP contribution in [0.5, 0.6) is 0 Å². The van der Waals surface area contributed by atoms with Gasteiger partial charge in [-0.3, -0.25) is 4.90 Å². The van der Waals surface area contributed by atoms with Crippen molar-refractivity contribution >= 4 is 17.5 Å². The lowest BCUT2D eigenvalue weighted by molar-refractivity contribution is -0.0105. The molecule has 0 spiro atoms. The monoisotopic (exact) mass is 353 g/mol. The number of carbonyl (C=O) groups is 1. The van der Waals surface area contributed by atoms with Crippen molar-refractivity contribution < 1.29 is 23.5 Å². The fraction of sp³-hybridized carbons (Fsp3) is 0.412. The van der Waals surface area contributed by atoms with Crippen molar-refractivity contribution in [3.8, 4) is 0 Å². The molecule has 2 rings (SSSR count). The van der Waals surface area contributed by atoms with Crippen LogP contribution in [0.2, 0.25) is 0 Å². The molecule has 1 aliphatic rings. The summed E-state index contributed by atoms with van der Waals surface area (Å²) < 4.78 is 34.2. The fourth-order valence-electron chi connectivity index (χ4n) is 2.41. The standard InChI is InChI=1S/C17H21F2N3O3/c1-16(2,3)25-15(23)22-9-8-13(17(18,19)10-22)11-4-6-12(7-5-11)14(20)21-24/h4-8,24H,9-10H2,1-3H3,(H2,20,21). The molecule has 0 saturated heterocycles. The third-order valence-electron chi connectivity index (χ3n) is 3.55. The molecule has 25 heavy (non-hydrogen) atoms. The predicted octanol–water partition coefficient (Wildman–Crippen LogP) is 3.05. The van der Waals surface area contributed by atoms with Gasteiger partial charge in [0.25, 0.3) is 5.92 Å². The lowest BCUT2D eigenvalue weighted by Crippen LogP contribution is -2.46. The molecule has 6 nitrogen and oxygen atoms in total. The van der Waals surface area contributed by atoms with Crippen LogP contribution in [-0.2, 0) is 4.74 Å². The molecule has 0 fully saturated rings. The Labute approximate surface area is 144 Å². The molecule has 1 amide bonds.